The van der Waals surface area contributed by atoms with E-state index in [0.29, 0.717) is 12.6 Å². The summed E-state index contributed by atoms with van der Waals surface area (Å²) in [6.45, 7) is 7.30. The van der Waals surface area contributed by atoms with Crippen LogP contribution < -0.4 is 5.32 Å². The fourth-order valence-corrected chi connectivity index (χ4v) is 1.94. The maximum absolute atomic E-state index is 13.4. The smallest absolute Gasteiger partial charge is 0.127 e. The molecule has 0 bridgehead atoms. The van der Waals surface area contributed by atoms with Crippen LogP contribution in [0.4, 0.5) is 4.39 Å². The van der Waals surface area contributed by atoms with Gasteiger partial charge in [-0.25, -0.2) is 4.39 Å². The Hall–Kier alpha value is -0.890. The van der Waals surface area contributed by atoms with Crippen molar-refractivity contribution in [3.05, 3.63) is 35.6 Å². The topological polar surface area (TPSA) is 12.0 Å². The summed E-state index contributed by atoms with van der Waals surface area (Å²) in [6, 6.07) is 7.47. The van der Waals surface area contributed by atoms with Crippen LogP contribution in [-0.2, 0) is 6.54 Å². The van der Waals surface area contributed by atoms with Crippen molar-refractivity contribution in [2.45, 2.75) is 52.6 Å². The molecule has 0 saturated heterocycles. The van der Waals surface area contributed by atoms with Crippen molar-refractivity contribution in [1.29, 1.82) is 0 Å². The van der Waals surface area contributed by atoms with E-state index in [4.69, 9.17) is 0 Å². The van der Waals surface area contributed by atoms with E-state index in [9.17, 15) is 4.39 Å². The van der Waals surface area contributed by atoms with Crippen LogP contribution in [0.2, 0.25) is 0 Å². The molecule has 1 aromatic carbocycles. The highest BCUT2D eigenvalue weighted by Gasteiger charge is 2.10. The number of benzene rings is 1. The van der Waals surface area contributed by atoms with E-state index >= 15 is 0 Å². The molecule has 0 radical (unpaired) electrons. The second-order valence-corrected chi connectivity index (χ2v) is 4.83. The maximum atomic E-state index is 13.4. The summed E-state index contributed by atoms with van der Waals surface area (Å²) >= 11 is 0. The van der Waals surface area contributed by atoms with Crippen LogP contribution in [0.5, 0.6) is 0 Å². The van der Waals surface area contributed by atoms with Crippen LogP contribution in [0.15, 0.2) is 24.3 Å². The van der Waals surface area contributed by atoms with Gasteiger partial charge in [0.2, 0.25) is 0 Å². The first kappa shape index (κ1) is 14.2. The molecule has 17 heavy (non-hydrogen) atoms. The van der Waals surface area contributed by atoms with Crippen LogP contribution in [0, 0.1) is 11.7 Å². The third-order valence-electron chi connectivity index (χ3n) is 3.42. The molecule has 2 atom stereocenters. The second kappa shape index (κ2) is 7.44. The number of halogens is 1. The molecule has 0 aliphatic heterocycles. The van der Waals surface area contributed by atoms with E-state index in [0.717, 1.165) is 17.9 Å². The first-order valence-electron chi connectivity index (χ1n) is 6.64. The first-order valence-corrected chi connectivity index (χ1v) is 6.64. The molecule has 0 spiro atoms. The number of rotatable bonds is 7. The molecule has 0 saturated carbocycles. The van der Waals surface area contributed by atoms with Crippen molar-refractivity contribution in [1.82, 2.24) is 5.32 Å². The largest absolute Gasteiger partial charge is 0.310 e. The van der Waals surface area contributed by atoms with Crippen molar-refractivity contribution in [3.8, 4) is 0 Å². The highest BCUT2D eigenvalue weighted by atomic mass is 19.1. The van der Waals surface area contributed by atoms with Gasteiger partial charge in [-0.1, -0.05) is 45.4 Å². The molecule has 96 valence electrons. The minimum Gasteiger partial charge on any atom is -0.310 e. The van der Waals surface area contributed by atoms with Crippen LogP contribution >= 0.6 is 0 Å². The Balaban J connectivity index is 2.45. The van der Waals surface area contributed by atoms with Gasteiger partial charge in [0.25, 0.3) is 0 Å². The van der Waals surface area contributed by atoms with Crippen molar-refractivity contribution >= 4 is 0 Å². The Bertz CT molecular complexity index is 324. The molecule has 1 rings (SSSR count). The molecule has 1 N–H and O–H groups in total. The van der Waals surface area contributed by atoms with Crippen LogP contribution in [0.1, 0.15) is 45.6 Å². The summed E-state index contributed by atoms with van der Waals surface area (Å²) in [5.41, 5.74) is 0.759. The van der Waals surface area contributed by atoms with Gasteiger partial charge in [-0.2, -0.15) is 0 Å². The van der Waals surface area contributed by atoms with E-state index in [-0.39, 0.29) is 5.82 Å². The van der Waals surface area contributed by atoms with Gasteiger partial charge in [-0.3, -0.25) is 0 Å². The Morgan fingerprint density at radius 1 is 1.18 bits per heavy atom. The Morgan fingerprint density at radius 3 is 2.47 bits per heavy atom. The summed E-state index contributed by atoms with van der Waals surface area (Å²) in [5, 5.41) is 3.45. The highest BCUT2D eigenvalue weighted by Crippen LogP contribution is 2.13. The summed E-state index contributed by atoms with van der Waals surface area (Å²) in [5.74, 6) is 0.617. The lowest BCUT2D eigenvalue weighted by molar-refractivity contribution is 0.381. The third-order valence-corrected chi connectivity index (χ3v) is 3.42. The standard InChI is InChI=1S/C15H24FN/c1-4-12(3)10-14(5-2)17-11-13-8-6-7-9-15(13)16/h6-9,12,14,17H,4-5,10-11H2,1-3H3. The van der Waals surface area contributed by atoms with Gasteiger partial charge in [0, 0.05) is 18.2 Å². The molecule has 2 unspecified atom stereocenters. The van der Waals surface area contributed by atoms with E-state index in [1.165, 1.54) is 18.9 Å². The molecule has 1 aromatic rings. The molecule has 0 amide bonds. The van der Waals surface area contributed by atoms with E-state index in [2.05, 4.69) is 26.1 Å². The van der Waals surface area contributed by atoms with Crippen molar-refractivity contribution in [3.63, 3.8) is 0 Å². The molecule has 0 aliphatic rings. The fraction of sp³-hybridized carbons (Fsp3) is 0.600. The monoisotopic (exact) mass is 237 g/mol. The average Bonchev–Trinajstić information content (AvgIpc) is 2.35. The van der Waals surface area contributed by atoms with Gasteiger partial charge in [-0.15, -0.1) is 0 Å². The normalized spacial score (nSPS) is 14.6. The number of hydrogen-bond acceptors (Lipinski definition) is 1. The van der Waals surface area contributed by atoms with E-state index in [1.807, 2.05) is 12.1 Å². The van der Waals surface area contributed by atoms with Gasteiger partial charge >= 0.3 is 0 Å². The quantitative estimate of drug-likeness (QED) is 0.752. The zero-order chi connectivity index (χ0) is 12.7. The molecule has 1 nitrogen and oxygen atoms in total. The molecule has 0 aromatic heterocycles. The number of nitrogens with one attached hydrogen (secondary N) is 1. The summed E-state index contributed by atoms with van der Waals surface area (Å²) in [6.07, 6.45) is 3.47. The lowest BCUT2D eigenvalue weighted by atomic mass is 9.97. The van der Waals surface area contributed by atoms with E-state index in [1.54, 1.807) is 6.07 Å². The highest BCUT2D eigenvalue weighted by molar-refractivity contribution is 5.16. The lowest BCUT2D eigenvalue weighted by Crippen LogP contribution is -2.30. The van der Waals surface area contributed by atoms with Crippen molar-refractivity contribution < 1.29 is 4.39 Å². The SMILES string of the molecule is CCC(C)CC(CC)NCc1ccccc1F. The zero-order valence-electron chi connectivity index (χ0n) is 11.2. The predicted octanol–water partition coefficient (Wildman–Crippen LogP) is 4.13. The van der Waals surface area contributed by atoms with Crippen LogP contribution in [0.25, 0.3) is 0 Å². The van der Waals surface area contributed by atoms with Gasteiger partial charge in [0.15, 0.2) is 0 Å². The molecular weight excluding hydrogens is 213 g/mol. The summed E-state index contributed by atoms with van der Waals surface area (Å²) in [7, 11) is 0. The van der Waals surface area contributed by atoms with E-state index < -0.39 is 0 Å². The number of hydrogen-bond donors (Lipinski definition) is 1. The zero-order valence-corrected chi connectivity index (χ0v) is 11.2. The summed E-state index contributed by atoms with van der Waals surface area (Å²) < 4.78 is 13.4. The summed E-state index contributed by atoms with van der Waals surface area (Å²) in [4.78, 5) is 0. The Labute approximate surface area is 104 Å². The second-order valence-electron chi connectivity index (χ2n) is 4.83. The minimum atomic E-state index is -0.113. The first-order chi connectivity index (χ1) is 8.17. The Morgan fingerprint density at radius 2 is 1.88 bits per heavy atom. The lowest BCUT2D eigenvalue weighted by Gasteiger charge is -2.20. The third kappa shape index (κ3) is 4.86. The van der Waals surface area contributed by atoms with Crippen LogP contribution in [0.3, 0.4) is 0 Å². The van der Waals surface area contributed by atoms with Gasteiger partial charge in [0.05, 0.1) is 0 Å². The average molecular weight is 237 g/mol. The predicted molar refractivity (Wildman–Crippen MR) is 71.4 cm³/mol. The molecule has 2 heteroatoms. The van der Waals surface area contributed by atoms with Crippen molar-refractivity contribution in [2.24, 2.45) is 5.92 Å². The maximum Gasteiger partial charge on any atom is 0.127 e. The fourth-order valence-electron chi connectivity index (χ4n) is 1.94. The molecule has 0 heterocycles. The Kier molecular flexibility index (Phi) is 6.20. The van der Waals surface area contributed by atoms with Gasteiger partial charge < -0.3 is 5.32 Å². The van der Waals surface area contributed by atoms with Gasteiger partial charge in [0.1, 0.15) is 5.82 Å². The van der Waals surface area contributed by atoms with Crippen LogP contribution in [-0.4, -0.2) is 6.04 Å². The molecule has 0 aliphatic carbocycles. The molecular formula is C15H24FN. The molecule has 0 fully saturated rings. The minimum absolute atomic E-state index is 0.113. The van der Waals surface area contributed by atoms with Crippen molar-refractivity contribution in [2.75, 3.05) is 0 Å². The van der Waals surface area contributed by atoms with Gasteiger partial charge in [-0.05, 0) is 24.8 Å².